The number of Topliss-reactive ketones (excluding diaryl/α,β-unsaturated/α-hetero) is 1. The maximum absolute atomic E-state index is 15.1. The van der Waals surface area contributed by atoms with Crippen LogP contribution in [-0.4, -0.2) is 5.78 Å². The largest absolute Gasteiger partial charge is 0.292 e. The first-order valence-corrected chi connectivity index (χ1v) is 14.4. The Balaban J connectivity index is 1.82. The van der Waals surface area contributed by atoms with E-state index in [2.05, 4.69) is 134 Å². The molecule has 186 valence electrons. The number of hydrogen-bond acceptors (Lipinski definition) is 1. The van der Waals surface area contributed by atoms with Crippen molar-refractivity contribution in [1.82, 2.24) is 0 Å². The molecule has 4 aromatic carbocycles. The van der Waals surface area contributed by atoms with E-state index < -0.39 is 5.41 Å². The summed E-state index contributed by atoms with van der Waals surface area (Å²) in [6.07, 6.45) is 0. The Morgan fingerprint density at radius 1 is 0.514 bits per heavy atom. The van der Waals surface area contributed by atoms with Gasteiger partial charge in [-0.25, -0.2) is 0 Å². The maximum Gasteiger partial charge on any atom is 0.182 e. The number of rotatable bonds is 0. The fourth-order valence-electron chi connectivity index (χ4n) is 6.12. The molecule has 0 saturated heterocycles. The van der Waals surface area contributed by atoms with Gasteiger partial charge in [0, 0.05) is 14.5 Å². The molecule has 1 spiro atoms. The van der Waals surface area contributed by atoms with Crippen LogP contribution < -0.4 is 0 Å². The second-order valence-corrected chi connectivity index (χ2v) is 14.3. The third-order valence-corrected chi connectivity index (χ3v) is 9.10. The number of fused-ring (bicyclic) bond motifs is 9. The first kappa shape index (κ1) is 24.8. The smallest absolute Gasteiger partial charge is 0.182 e. The molecule has 2 aliphatic rings. The van der Waals surface area contributed by atoms with Crippen LogP contribution in [0, 0.1) is 0 Å². The lowest BCUT2D eigenvalue weighted by Gasteiger charge is -2.38. The molecular weight excluding hydrogens is 584 g/mol. The van der Waals surface area contributed by atoms with E-state index in [1.165, 1.54) is 11.1 Å². The standard InChI is InChI=1S/C34H30Br2O/c1-32(2,3)19-7-11-25-26-12-8-20(33(4,5)6)16-29(26)34(28(25)15-19)30-18-22(36)10-14-24(30)23-13-9-21(35)17-27(23)31(34)37/h7-18H,1-6H3. The van der Waals surface area contributed by atoms with E-state index >= 15 is 4.79 Å². The number of carbonyl (C=O) groups is 1. The van der Waals surface area contributed by atoms with Crippen molar-refractivity contribution in [1.29, 1.82) is 0 Å². The highest BCUT2D eigenvalue weighted by molar-refractivity contribution is 9.10. The third kappa shape index (κ3) is 3.50. The Labute approximate surface area is 236 Å². The van der Waals surface area contributed by atoms with E-state index in [4.69, 9.17) is 0 Å². The van der Waals surface area contributed by atoms with Crippen LogP contribution in [0.3, 0.4) is 0 Å². The van der Waals surface area contributed by atoms with Crippen LogP contribution in [0.25, 0.3) is 22.3 Å². The Morgan fingerprint density at radius 2 is 0.919 bits per heavy atom. The van der Waals surface area contributed by atoms with Crippen molar-refractivity contribution in [3.63, 3.8) is 0 Å². The Bertz CT molecular complexity index is 1570. The lowest BCUT2D eigenvalue weighted by Crippen LogP contribution is -2.40. The van der Waals surface area contributed by atoms with Gasteiger partial charge in [0.15, 0.2) is 5.78 Å². The zero-order valence-electron chi connectivity index (χ0n) is 22.1. The van der Waals surface area contributed by atoms with Gasteiger partial charge in [0.1, 0.15) is 5.41 Å². The molecule has 6 rings (SSSR count). The summed E-state index contributed by atoms with van der Waals surface area (Å²) in [7, 11) is 0. The second kappa shape index (κ2) is 8.01. The summed E-state index contributed by atoms with van der Waals surface area (Å²) in [5, 5.41) is 0. The Morgan fingerprint density at radius 3 is 1.43 bits per heavy atom. The molecule has 0 fully saturated rings. The van der Waals surface area contributed by atoms with Crippen molar-refractivity contribution >= 4 is 37.6 Å². The quantitative estimate of drug-likeness (QED) is 0.193. The van der Waals surface area contributed by atoms with Gasteiger partial charge in [0.05, 0.1) is 0 Å². The molecule has 37 heavy (non-hydrogen) atoms. The average Bonchev–Trinajstić information content (AvgIpc) is 3.11. The highest BCUT2D eigenvalue weighted by Crippen LogP contribution is 2.60. The number of carbonyl (C=O) groups excluding carboxylic acids is 1. The highest BCUT2D eigenvalue weighted by atomic mass is 79.9. The zero-order chi connectivity index (χ0) is 26.5. The normalized spacial score (nSPS) is 15.3. The average molecular weight is 614 g/mol. The molecule has 2 aliphatic carbocycles. The molecule has 0 radical (unpaired) electrons. The van der Waals surface area contributed by atoms with E-state index in [1.54, 1.807) is 0 Å². The first-order valence-electron chi connectivity index (χ1n) is 12.8. The highest BCUT2D eigenvalue weighted by Gasteiger charge is 2.54. The summed E-state index contributed by atoms with van der Waals surface area (Å²) in [5.41, 5.74) is 9.90. The summed E-state index contributed by atoms with van der Waals surface area (Å²) in [5.74, 6) is 0.145. The van der Waals surface area contributed by atoms with Gasteiger partial charge in [0.2, 0.25) is 0 Å². The van der Waals surface area contributed by atoms with Gasteiger partial charge < -0.3 is 0 Å². The van der Waals surface area contributed by atoms with Crippen molar-refractivity contribution < 1.29 is 4.79 Å². The molecule has 0 N–H and O–H groups in total. The number of ketones is 1. The van der Waals surface area contributed by atoms with Crippen LogP contribution in [-0.2, 0) is 16.2 Å². The van der Waals surface area contributed by atoms with Gasteiger partial charge >= 0.3 is 0 Å². The molecule has 4 aromatic rings. The van der Waals surface area contributed by atoms with Crippen molar-refractivity contribution in [2.45, 2.75) is 57.8 Å². The lowest BCUT2D eigenvalue weighted by atomic mass is 9.61. The van der Waals surface area contributed by atoms with Gasteiger partial charge in [-0.05, 0) is 85.2 Å². The molecule has 0 amide bonds. The van der Waals surface area contributed by atoms with Gasteiger partial charge in [-0.2, -0.15) is 0 Å². The van der Waals surface area contributed by atoms with Crippen molar-refractivity contribution in [2.24, 2.45) is 0 Å². The fourth-order valence-corrected chi connectivity index (χ4v) is 6.84. The lowest BCUT2D eigenvalue weighted by molar-refractivity contribution is 0.0935. The number of hydrogen-bond donors (Lipinski definition) is 0. The molecule has 0 heterocycles. The summed E-state index contributed by atoms with van der Waals surface area (Å²) in [6, 6.07) is 26.1. The topological polar surface area (TPSA) is 17.1 Å². The second-order valence-electron chi connectivity index (χ2n) is 12.5. The van der Waals surface area contributed by atoms with Gasteiger partial charge in [0.25, 0.3) is 0 Å². The SMILES string of the molecule is CC(C)(C)c1ccc2c(c1)C1(C(=O)c3cc(Br)ccc3-c3ccc(Br)cc31)c1cc(C(C)(C)C)ccc1-2. The third-order valence-electron chi connectivity index (χ3n) is 8.11. The van der Waals surface area contributed by atoms with Crippen LogP contribution in [0.1, 0.15) is 79.7 Å². The first-order chi connectivity index (χ1) is 17.3. The monoisotopic (exact) mass is 612 g/mol. The van der Waals surface area contributed by atoms with Crippen molar-refractivity contribution in [3.05, 3.63) is 115 Å². The Kier molecular flexibility index (Phi) is 5.37. The molecule has 0 bridgehead atoms. The molecule has 0 unspecified atom stereocenters. The summed E-state index contributed by atoms with van der Waals surface area (Å²) >= 11 is 7.39. The zero-order valence-corrected chi connectivity index (χ0v) is 25.3. The maximum atomic E-state index is 15.1. The predicted molar refractivity (Wildman–Crippen MR) is 161 cm³/mol. The minimum absolute atomic E-state index is 0.0414. The summed E-state index contributed by atoms with van der Waals surface area (Å²) in [6.45, 7) is 13.4. The summed E-state index contributed by atoms with van der Waals surface area (Å²) in [4.78, 5) is 15.1. The van der Waals surface area contributed by atoms with Gasteiger partial charge in [-0.1, -0.05) is 122 Å². The predicted octanol–water partition coefficient (Wildman–Crippen LogP) is 9.98. The van der Waals surface area contributed by atoms with E-state index in [0.717, 1.165) is 53.5 Å². The molecule has 0 saturated carbocycles. The molecule has 1 nitrogen and oxygen atoms in total. The molecule has 0 aromatic heterocycles. The molecule has 0 atom stereocenters. The van der Waals surface area contributed by atoms with Crippen LogP contribution in [0.2, 0.25) is 0 Å². The minimum Gasteiger partial charge on any atom is -0.292 e. The van der Waals surface area contributed by atoms with Crippen LogP contribution in [0.15, 0.2) is 81.7 Å². The van der Waals surface area contributed by atoms with Gasteiger partial charge in [-0.15, -0.1) is 0 Å². The number of benzene rings is 4. The van der Waals surface area contributed by atoms with E-state index in [0.29, 0.717) is 0 Å². The van der Waals surface area contributed by atoms with Crippen LogP contribution in [0.5, 0.6) is 0 Å². The van der Waals surface area contributed by atoms with Crippen LogP contribution in [0.4, 0.5) is 0 Å². The minimum atomic E-state index is -0.917. The van der Waals surface area contributed by atoms with Crippen molar-refractivity contribution in [2.75, 3.05) is 0 Å². The molecular formula is C34H30Br2O. The van der Waals surface area contributed by atoms with Crippen LogP contribution >= 0.6 is 31.9 Å². The fraction of sp³-hybridized carbons (Fsp3) is 0.265. The van der Waals surface area contributed by atoms with Gasteiger partial charge in [-0.3, -0.25) is 4.79 Å². The Hall–Kier alpha value is -2.49. The van der Waals surface area contributed by atoms with E-state index in [9.17, 15) is 0 Å². The van der Waals surface area contributed by atoms with E-state index in [-0.39, 0.29) is 16.6 Å². The van der Waals surface area contributed by atoms with E-state index in [1.807, 2.05) is 12.1 Å². The molecule has 3 heteroatoms. The summed E-state index contributed by atoms with van der Waals surface area (Å²) < 4.78 is 1.90. The van der Waals surface area contributed by atoms with Crippen molar-refractivity contribution in [3.8, 4) is 22.3 Å². The molecule has 0 aliphatic heterocycles. The number of halogens is 2.